The molecule has 0 aromatic heterocycles. The Bertz CT molecular complexity index is 156. The van der Waals surface area contributed by atoms with Crippen molar-refractivity contribution < 1.29 is 18.4 Å². The Morgan fingerprint density at radius 1 is 1.55 bits per heavy atom. The summed E-state index contributed by atoms with van der Waals surface area (Å²) >= 11 is 0. The maximum atomic E-state index is 12.0. The molecular weight excluding hydrogens is 159 g/mol. The molecule has 0 aromatic rings. The summed E-state index contributed by atoms with van der Waals surface area (Å²) < 4.78 is 35.9. The van der Waals surface area contributed by atoms with Crippen LogP contribution >= 0.6 is 0 Å². The number of rotatable bonds is 3. The molecule has 0 bridgehead atoms. The van der Waals surface area contributed by atoms with Crippen LogP contribution in [0, 0.1) is 5.41 Å². The van der Waals surface area contributed by atoms with E-state index in [0.717, 1.165) is 0 Å². The first-order valence-electron chi connectivity index (χ1n) is 3.02. The van der Waals surface area contributed by atoms with E-state index in [-0.39, 0.29) is 0 Å². The van der Waals surface area contributed by atoms with E-state index >= 15 is 0 Å². The van der Waals surface area contributed by atoms with Gasteiger partial charge >= 0.3 is 0 Å². The van der Waals surface area contributed by atoms with Crippen LogP contribution in [0.2, 0.25) is 0 Å². The van der Waals surface area contributed by atoms with Crippen LogP contribution < -0.4 is 0 Å². The average Bonchev–Trinajstić information content (AvgIpc) is 1.88. The number of halogens is 3. The van der Waals surface area contributed by atoms with Crippen molar-refractivity contribution in [3.05, 3.63) is 0 Å². The van der Waals surface area contributed by atoms with E-state index in [0.29, 0.717) is 0 Å². The summed E-state index contributed by atoms with van der Waals surface area (Å²) in [7, 11) is 0. The molecule has 0 saturated carbocycles. The highest BCUT2D eigenvalue weighted by Crippen LogP contribution is 2.22. The highest BCUT2D eigenvalue weighted by molar-refractivity contribution is 5.91. The summed E-state index contributed by atoms with van der Waals surface area (Å²) in [4.78, 5) is 0. The summed E-state index contributed by atoms with van der Waals surface area (Å²) in [6, 6.07) is 0. The molecule has 0 spiro atoms. The zero-order chi connectivity index (χ0) is 9.07. The van der Waals surface area contributed by atoms with Crippen LogP contribution in [-0.4, -0.2) is 24.0 Å². The van der Waals surface area contributed by atoms with Crippen molar-refractivity contribution in [1.82, 2.24) is 0 Å². The van der Waals surface area contributed by atoms with Gasteiger partial charge in [0, 0.05) is 5.41 Å². The number of alkyl halides is 3. The lowest BCUT2D eigenvalue weighted by Crippen LogP contribution is -2.32. The minimum Gasteiger partial charge on any atom is -0.411 e. The van der Waals surface area contributed by atoms with E-state index in [4.69, 9.17) is 5.21 Å². The lowest BCUT2D eigenvalue weighted by molar-refractivity contribution is 0.187. The predicted molar refractivity (Wildman–Crippen MR) is 35.0 cm³/mol. The second-order valence-electron chi connectivity index (χ2n) is 2.80. The summed E-state index contributed by atoms with van der Waals surface area (Å²) in [5, 5.41) is 10.5. The highest BCUT2D eigenvalue weighted by Gasteiger charge is 2.32. The van der Waals surface area contributed by atoms with Crippen LogP contribution in [0.25, 0.3) is 0 Å². The monoisotopic (exact) mass is 169 g/mol. The number of nitrogens with zero attached hydrogens (tertiary/aromatic N) is 1. The molecular formula is C6H10F3NO. The van der Waals surface area contributed by atoms with Crippen LogP contribution in [0.5, 0.6) is 0 Å². The zero-order valence-electron chi connectivity index (χ0n) is 6.31. The fraction of sp³-hybridized carbons (Fsp3) is 0.833. The van der Waals surface area contributed by atoms with E-state index < -0.39 is 24.2 Å². The molecule has 0 aliphatic carbocycles. The van der Waals surface area contributed by atoms with Crippen molar-refractivity contribution in [1.29, 1.82) is 0 Å². The van der Waals surface area contributed by atoms with Gasteiger partial charge in [-0.3, -0.25) is 4.39 Å². The number of hydrogen-bond donors (Lipinski definition) is 1. The smallest absolute Gasteiger partial charge is 0.280 e. The molecule has 0 aliphatic rings. The van der Waals surface area contributed by atoms with Crippen LogP contribution in [0.1, 0.15) is 13.8 Å². The molecule has 0 aliphatic heterocycles. The molecule has 2 nitrogen and oxygen atoms in total. The Morgan fingerprint density at radius 2 is 2.00 bits per heavy atom. The quantitative estimate of drug-likeness (QED) is 0.391. The molecule has 66 valence electrons. The molecule has 0 radical (unpaired) electrons. The second kappa shape index (κ2) is 3.59. The summed E-state index contributed by atoms with van der Waals surface area (Å²) in [5.74, 6) is 0. The van der Waals surface area contributed by atoms with Gasteiger partial charge in [-0.2, -0.15) is 0 Å². The van der Waals surface area contributed by atoms with Crippen molar-refractivity contribution in [3.63, 3.8) is 0 Å². The van der Waals surface area contributed by atoms with Crippen molar-refractivity contribution in [3.8, 4) is 0 Å². The molecule has 0 unspecified atom stereocenters. The van der Waals surface area contributed by atoms with Crippen LogP contribution in [0.15, 0.2) is 5.16 Å². The third-order valence-corrected chi connectivity index (χ3v) is 1.34. The third kappa shape index (κ3) is 2.40. The van der Waals surface area contributed by atoms with Crippen molar-refractivity contribution >= 4 is 5.71 Å². The first-order valence-corrected chi connectivity index (χ1v) is 3.02. The third-order valence-electron chi connectivity index (χ3n) is 1.34. The number of oxime groups is 1. The Balaban J connectivity index is 4.52. The van der Waals surface area contributed by atoms with Crippen molar-refractivity contribution in [2.75, 3.05) is 6.67 Å². The SMILES string of the molecule is CC(C)(CF)C(=NO)C(F)F. The van der Waals surface area contributed by atoms with Crippen LogP contribution in [0.3, 0.4) is 0 Å². The fourth-order valence-corrected chi connectivity index (χ4v) is 0.543. The molecule has 11 heavy (non-hydrogen) atoms. The minimum absolute atomic E-state index is 0.819. The Labute approximate surface area is 62.7 Å². The molecule has 0 fully saturated rings. The van der Waals surface area contributed by atoms with Gasteiger partial charge in [0.2, 0.25) is 0 Å². The van der Waals surface area contributed by atoms with E-state index in [1.54, 1.807) is 0 Å². The van der Waals surface area contributed by atoms with Crippen LogP contribution in [0.4, 0.5) is 13.2 Å². The number of hydrogen-bond acceptors (Lipinski definition) is 2. The van der Waals surface area contributed by atoms with Crippen molar-refractivity contribution in [2.45, 2.75) is 20.3 Å². The van der Waals surface area contributed by atoms with Gasteiger partial charge in [0.25, 0.3) is 6.43 Å². The first-order chi connectivity index (χ1) is 4.95. The van der Waals surface area contributed by atoms with E-state index in [1.165, 1.54) is 13.8 Å². The predicted octanol–water partition coefficient (Wildman–Crippen LogP) is 2.08. The standard InChI is InChI=1S/C6H10F3NO/c1-6(2,3-7)4(10-11)5(8)9/h5,11H,3H2,1-2H3. The molecule has 0 heterocycles. The largest absolute Gasteiger partial charge is 0.411 e. The zero-order valence-corrected chi connectivity index (χ0v) is 6.31. The lowest BCUT2D eigenvalue weighted by atomic mass is 9.89. The average molecular weight is 169 g/mol. The topological polar surface area (TPSA) is 32.6 Å². The van der Waals surface area contributed by atoms with Gasteiger partial charge in [0.05, 0.1) is 0 Å². The Hall–Kier alpha value is -0.740. The van der Waals surface area contributed by atoms with Gasteiger partial charge in [0.15, 0.2) is 0 Å². The van der Waals surface area contributed by atoms with Gasteiger partial charge in [-0.05, 0) is 0 Å². The van der Waals surface area contributed by atoms with Gasteiger partial charge in [-0.15, -0.1) is 0 Å². The molecule has 0 saturated heterocycles. The Kier molecular flexibility index (Phi) is 3.35. The van der Waals surface area contributed by atoms with Crippen molar-refractivity contribution in [2.24, 2.45) is 10.6 Å². The molecule has 0 rings (SSSR count). The molecule has 0 amide bonds. The van der Waals surface area contributed by atoms with E-state index in [2.05, 4.69) is 5.16 Å². The van der Waals surface area contributed by atoms with Gasteiger partial charge < -0.3 is 5.21 Å². The van der Waals surface area contributed by atoms with E-state index in [1.807, 2.05) is 0 Å². The fourth-order valence-electron chi connectivity index (χ4n) is 0.543. The van der Waals surface area contributed by atoms with Gasteiger partial charge in [-0.25, -0.2) is 8.78 Å². The molecule has 5 heteroatoms. The Morgan fingerprint density at radius 3 is 2.09 bits per heavy atom. The van der Waals surface area contributed by atoms with E-state index in [9.17, 15) is 13.2 Å². The normalized spacial score (nSPS) is 14.2. The minimum atomic E-state index is -2.91. The summed E-state index contributed by atoms with van der Waals surface area (Å²) in [5.41, 5.74) is -2.21. The molecule has 0 aromatic carbocycles. The highest BCUT2D eigenvalue weighted by atomic mass is 19.3. The van der Waals surface area contributed by atoms with Gasteiger partial charge in [-0.1, -0.05) is 19.0 Å². The van der Waals surface area contributed by atoms with Gasteiger partial charge in [0.1, 0.15) is 12.4 Å². The summed E-state index contributed by atoms with van der Waals surface area (Å²) in [6.45, 7) is 1.51. The van der Waals surface area contributed by atoms with Crippen LogP contribution in [-0.2, 0) is 0 Å². The first kappa shape index (κ1) is 10.3. The molecule has 1 N–H and O–H groups in total. The maximum Gasteiger partial charge on any atom is 0.280 e. The second-order valence-corrected chi connectivity index (χ2v) is 2.80. The molecule has 0 atom stereocenters. The summed E-state index contributed by atoms with van der Waals surface area (Å²) in [6.07, 6.45) is -2.91. The maximum absolute atomic E-state index is 12.0. The lowest BCUT2D eigenvalue weighted by Gasteiger charge is -2.20.